The molecule has 0 radical (unpaired) electrons. The molecule has 0 aliphatic rings. The van der Waals surface area contributed by atoms with Crippen LogP contribution in [0, 0.1) is 6.92 Å². The minimum atomic E-state index is 0.601. The maximum atomic E-state index is 4.35. The highest BCUT2D eigenvalue weighted by atomic mass is 15.2. The van der Waals surface area contributed by atoms with E-state index < -0.39 is 0 Å². The summed E-state index contributed by atoms with van der Waals surface area (Å²) >= 11 is 0. The van der Waals surface area contributed by atoms with Gasteiger partial charge in [0.25, 0.3) is 0 Å². The minimum absolute atomic E-state index is 0.601. The Morgan fingerprint density at radius 2 is 2.27 bits per heavy atom. The fourth-order valence-corrected chi connectivity index (χ4v) is 1.76. The zero-order valence-electron chi connectivity index (χ0n) is 10.4. The number of hydrogen-bond donors (Lipinski definition) is 1. The van der Waals surface area contributed by atoms with Crippen LogP contribution in [-0.2, 0) is 13.5 Å². The summed E-state index contributed by atoms with van der Waals surface area (Å²) in [6.07, 6.45) is 5.64. The third kappa shape index (κ3) is 4.04. The van der Waals surface area contributed by atoms with Gasteiger partial charge in [-0.05, 0) is 45.2 Å². The summed E-state index contributed by atoms with van der Waals surface area (Å²) in [6.45, 7) is 7.65. The van der Waals surface area contributed by atoms with Crippen molar-refractivity contribution in [3.05, 3.63) is 17.5 Å². The highest BCUT2D eigenvalue weighted by Crippen LogP contribution is 2.09. The van der Waals surface area contributed by atoms with Crippen molar-refractivity contribution < 1.29 is 0 Å². The molecule has 0 aliphatic heterocycles. The molecule has 0 aliphatic carbocycles. The first-order chi connectivity index (χ1) is 7.13. The molecule has 1 rings (SSSR count). The van der Waals surface area contributed by atoms with Crippen molar-refractivity contribution in [1.29, 1.82) is 0 Å². The van der Waals surface area contributed by atoms with Gasteiger partial charge in [-0.1, -0.05) is 6.92 Å². The van der Waals surface area contributed by atoms with Gasteiger partial charge in [-0.15, -0.1) is 0 Å². The fraction of sp³-hybridized carbons (Fsp3) is 0.750. The van der Waals surface area contributed by atoms with E-state index in [2.05, 4.69) is 37.4 Å². The second-order valence-electron chi connectivity index (χ2n) is 4.31. The van der Waals surface area contributed by atoms with E-state index in [0.29, 0.717) is 6.04 Å². The third-order valence-electron chi connectivity index (χ3n) is 2.70. The second kappa shape index (κ2) is 5.91. The summed E-state index contributed by atoms with van der Waals surface area (Å²) in [5.41, 5.74) is 2.54. The Morgan fingerprint density at radius 1 is 1.53 bits per heavy atom. The van der Waals surface area contributed by atoms with Gasteiger partial charge in [0.05, 0.1) is 5.69 Å². The molecule has 0 saturated heterocycles. The highest BCUT2D eigenvalue weighted by molar-refractivity contribution is 5.15. The van der Waals surface area contributed by atoms with Crippen molar-refractivity contribution in [3.8, 4) is 0 Å². The quantitative estimate of drug-likeness (QED) is 0.777. The predicted molar refractivity (Wildman–Crippen MR) is 64.0 cm³/mol. The lowest BCUT2D eigenvalue weighted by Crippen LogP contribution is -2.27. The minimum Gasteiger partial charge on any atom is -0.314 e. The predicted octanol–water partition coefficient (Wildman–Crippen LogP) is 2.05. The number of hydrogen-bond acceptors (Lipinski definition) is 2. The van der Waals surface area contributed by atoms with Crippen LogP contribution >= 0.6 is 0 Å². The van der Waals surface area contributed by atoms with Crippen molar-refractivity contribution in [1.82, 2.24) is 15.1 Å². The van der Waals surface area contributed by atoms with Crippen LogP contribution in [0.4, 0.5) is 0 Å². The Hall–Kier alpha value is -0.830. The van der Waals surface area contributed by atoms with E-state index in [0.717, 1.165) is 13.0 Å². The van der Waals surface area contributed by atoms with E-state index >= 15 is 0 Å². The lowest BCUT2D eigenvalue weighted by Gasteiger charge is -2.12. The second-order valence-corrected chi connectivity index (χ2v) is 4.31. The zero-order valence-corrected chi connectivity index (χ0v) is 10.4. The van der Waals surface area contributed by atoms with E-state index in [1.54, 1.807) is 0 Å². The fourth-order valence-electron chi connectivity index (χ4n) is 1.76. The SMILES string of the molecule is CCCNC(C)CCc1cn(C)nc1C. The average Bonchev–Trinajstić information content (AvgIpc) is 2.51. The molecule has 0 saturated carbocycles. The highest BCUT2D eigenvalue weighted by Gasteiger charge is 2.05. The van der Waals surface area contributed by atoms with Crippen molar-refractivity contribution in [3.63, 3.8) is 0 Å². The molecule has 1 heterocycles. The first-order valence-electron chi connectivity index (χ1n) is 5.86. The van der Waals surface area contributed by atoms with Gasteiger partial charge >= 0.3 is 0 Å². The van der Waals surface area contributed by atoms with Crippen LogP contribution < -0.4 is 5.32 Å². The number of aromatic nitrogens is 2. The standard InChI is InChI=1S/C12H23N3/c1-5-8-13-10(2)6-7-12-9-15(4)14-11(12)3/h9-10,13H,5-8H2,1-4H3. The van der Waals surface area contributed by atoms with Gasteiger partial charge in [-0.3, -0.25) is 4.68 Å². The Balaban J connectivity index is 2.33. The van der Waals surface area contributed by atoms with Crippen LogP contribution in [0.5, 0.6) is 0 Å². The third-order valence-corrected chi connectivity index (χ3v) is 2.70. The summed E-state index contributed by atoms with van der Waals surface area (Å²) in [7, 11) is 1.98. The maximum Gasteiger partial charge on any atom is 0.0625 e. The topological polar surface area (TPSA) is 29.9 Å². The van der Waals surface area contributed by atoms with Crippen molar-refractivity contribution in [2.45, 2.75) is 46.1 Å². The number of nitrogens with zero attached hydrogens (tertiary/aromatic N) is 2. The Kier molecular flexibility index (Phi) is 4.82. The Bertz CT molecular complexity index is 291. The molecule has 1 atom stereocenters. The van der Waals surface area contributed by atoms with Gasteiger partial charge in [0.15, 0.2) is 0 Å². The van der Waals surface area contributed by atoms with Gasteiger partial charge in [-0.25, -0.2) is 0 Å². The molecule has 15 heavy (non-hydrogen) atoms. The normalized spacial score (nSPS) is 13.1. The van der Waals surface area contributed by atoms with Crippen LogP contribution in [0.15, 0.2) is 6.20 Å². The first kappa shape index (κ1) is 12.2. The number of nitrogens with one attached hydrogen (secondary N) is 1. The van der Waals surface area contributed by atoms with E-state index in [4.69, 9.17) is 0 Å². The summed E-state index contributed by atoms with van der Waals surface area (Å²) in [5, 5.41) is 7.85. The molecule has 3 heteroatoms. The smallest absolute Gasteiger partial charge is 0.0625 e. The van der Waals surface area contributed by atoms with Gasteiger partial charge < -0.3 is 5.32 Å². The van der Waals surface area contributed by atoms with E-state index in [-0.39, 0.29) is 0 Å². The summed E-state index contributed by atoms with van der Waals surface area (Å²) in [5.74, 6) is 0. The van der Waals surface area contributed by atoms with Gasteiger partial charge in [0.2, 0.25) is 0 Å². The molecular formula is C12H23N3. The van der Waals surface area contributed by atoms with Crippen molar-refractivity contribution in [2.75, 3.05) is 6.54 Å². The van der Waals surface area contributed by atoms with Crippen molar-refractivity contribution in [2.24, 2.45) is 7.05 Å². The Morgan fingerprint density at radius 3 is 2.80 bits per heavy atom. The van der Waals surface area contributed by atoms with Crippen LogP contribution in [0.3, 0.4) is 0 Å². The monoisotopic (exact) mass is 209 g/mol. The number of aryl methyl sites for hydroxylation is 3. The molecule has 1 N–H and O–H groups in total. The summed E-state index contributed by atoms with van der Waals surface area (Å²) < 4.78 is 1.90. The van der Waals surface area contributed by atoms with Crippen LogP contribution in [0.25, 0.3) is 0 Å². The molecule has 0 aromatic carbocycles. The van der Waals surface area contributed by atoms with Crippen LogP contribution in [-0.4, -0.2) is 22.4 Å². The van der Waals surface area contributed by atoms with E-state index in [9.17, 15) is 0 Å². The molecule has 0 spiro atoms. The summed E-state index contributed by atoms with van der Waals surface area (Å²) in [6, 6.07) is 0.601. The largest absolute Gasteiger partial charge is 0.314 e. The Labute approximate surface area is 92.9 Å². The first-order valence-corrected chi connectivity index (χ1v) is 5.86. The molecule has 1 aromatic rings. The molecule has 86 valence electrons. The lowest BCUT2D eigenvalue weighted by atomic mass is 10.1. The molecule has 3 nitrogen and oxygen atoms in total. The molecule has 0 fully saturated rings. The van der Waals surface area contributed by atoms with E-state index in [1.807, 2.05) is 11.7 Å². The summed E-state index contributed by atoms with van der Waals surface area (Å²) in [4.78, 5) is 0. The molecule has 0 bridgehead atoms. The average molecular weight is 209 g/mol. The molecular weight excluding hydrogens is 186 g/mol. The van der Waals surface area contributed by atoms with Gasteiger partial charge in [-0.2, -0.15) is 5.10 Å². The molecule has 1 unspecified atom stereocenters. The molecule has 1 aromatic heterocycles. The van der Waals surface area contributed by atoms with Gasteiger partial charge in [0, 0.05) is 19.3 Å². The maximum absolute atomic E-state index is 4.35. The van der Waals surface area contributed by atoms with Crippen molar-refractivity contribution >= 4 is 0 Å². The van der Waals surface area contributed by atoms with Crippen LogP contribution in [0.2, 0.25) is 0 Å². The van der Waals surface area contributed by atoms with E-state index in [1.165, 1.54) is 24.1 Å². The zero-order chi connectivity index (χ0) is 11.3. The van der Waals surface area contributed by atoms with Crippen LogP contribution in [0.1, 0.15) is 37.9 Å². The number of rotatable bonds is 6. The van der Waals surface area contributed by atoms with Gasteiger partial charge in [0.1, 0.15) is 0 Å². The lowest BCUT2D eigenvalue weighted by molar-refractivity contribution is 0.513. The molecule has 0 amide bonds.